The first-order valence-electron chi connectivity index (χ1n) is 6.58. The van der Waals surface area contributed by atoms with Gasteiger partial charge in [-0.05, 0) is 58.8 Å². The van der Waals surface area contributed by atoms with Crippen molar-refractivity contribution >= 4 is 27.5 Å². The van der Waals surface area contributed by atoms with Gasteiger partial charge in [-0.15, -0.1) is 0 Å². The summed E-state index contributed by atoms with van der Waals surface area (Å²) in [5.41, 5.74) is 1.47. The van der Waals surface area contributed by atoms with Crippen LogP contribution >= 0.6 is 15.9 Å². The first-order valence-corrected chi connectivity index (χ1v) is 7.37. The fraction of sp³-hybridized carbons (Fsp3) is 0.533. The molecule has 1 saturated carbocycles. The number of nitrogens with one attached hydrogen (secondary N) is 1. The van der Waals surface area contributed by atoms with Gasteiger partial charge in [-0.3, -0.25) is 4.79 Å². The fourth-order valence-corrected chi connectivity index (χ4v) is 3.16. The lowest BCUT2D eigenvalue weighted by Crippen LogP contribution is -2.31. The molecule has 4 heteroatoms. The Labute approximate surface area is 121 Å². The normalized spacial score (nSPS) is 21.4. The first kappa shape index (κ1) is 14.5. The smallest absolute Gasteiger partial charge is 0.228 e. The van der Waals surface area contributed by atoms with E-state index in [-0.39, 0.29) is 23.1 Å². The number of rotatable bonds is 2. The van der Waals surface area contributed by atoms with Crippen LogP contribution in [0.4, 0.5) is 10.1 Å². The maximum absolute atomic E-state index is 13.4. The molecule has 1 unspecified atom stereocenters. The molecule has 19 heavy (non-hydrogen) atoms. The zero-order valence-electron chi connectivity index (χ0n) is 11.5. The highest BCUT2D eigenvalue weighted by atomic mass is 79.9. The molecule has 0 radical (unpaired) electrons. The third kappa shape index (κ3) is 2.99. The van der Waals surface area contributed by atoms with Crippen molar-refractivity contribution in [1.82, 2.24) is 0 Å². The van der Waals surface area contributed by atoms with Crippen LogP contribution in [0, 0.1) is 24.1 Å². The summed E-state index contributed by atoms with van der Waals surface area (Å²) in [7, 11) is 0. The van der Waals surface area contributed by atoms with E-state index in [4.69, 9.17) is 0 Å². The predicted molar refractivity (Wildman–Crippen MR) is 78.6 cm³/mol. The van der Waals surface area contributed by atoms with Gasteiger partial charge < -0.3 is 5.32 Å². The zero-order valence-corrected chi connectivity index (χ0v) is 13.1. The second-order valence-corrected chi connectivity index (χ2v) is 6.86. The van der Waals surface area contributed by atoms with E-state index in [9.17, 15) is 9.18 Å². The van der Waals surface area contributed by atoms with Gasteiger partial charge in [0.05, 0.1) is 4.47 Å². The molecule has 1 N–H and O–H groups in total. The SMILES string of the molecule is Cc1cc(F)c(Br)cc1NC(=O)C1CCCC1(C)C. The number of halogens is 2. The van der Waals surface area contributed by atoms with Gasteiger partial charge in [0.15, 0.2) is 0 Å². The zero-order chi connectivity index (χ0) is 14.2. The average Bonchev–Trinajstić information content (AvgIpc) is 2.65. The van der Waals surface area contributed by atoms with Crippen molar-refractivity contribution in [2.24, 2.45) is 11.3 Å². The van der Waals surface area contributed by atoms with Gasteiger partial charge in [-0.2, -0.15) is 0 Å². The van der Waals surface area contributed by atoms with E-state index in [2.05, 4.69) is 35.1 Å². The number of hydrogen-bond acceptors (Lipinski definition) is 1. The lowest BCUT2D eigenvalue weighted by atomic mass is 9.81. The lowest BCUT2D eigenvalue weighted by molar-refractivity contribution is -0.122. The molecular weight excluding hydrogens is 309 g/mol. The van der Waals surface area contributed by atoms with Gasteiger partial charge in [-0.25, -0.2) is 4.39 Å². The van der Waals surface area contributed by atoms with Gasteiger partial charge >= 0.3 is 0 Å². The number of aryl methyl sites for hydroxylation is 1. The molecule has 2 nitrogen and oxygen atoms in total. The van der Waals surface area contributed by atoms with Crippen LogP contribution < -0.4 is 5.32 Å². The number of amides is 1. The fourth-order valence-electron chi connectivity index (χ4n) is 2.81. The summed E-state index contributed by atoms with van der Waals surface area (Å²) in [4.78, 5) is 12.4. The Hall–Kier alpha value is -0.900. The maximum Gasteiger partial charge on any atom is 0.228 e. The standard InChI is InChI=1S/C15H19BrFNO/c1-9-7-12(17)11(16)8-13(9)18-14(19)10-5-4-6-15(10,2)3/h7-8,10H,4-6H2,1-3H3,(H,18,19). The Bertz CT molecular complexity index is 513. The Balaban J connectivity index is 2.18. The van der Waals surface area contributed by atoms with Gasteiger partial charge in [0.25, 0.3) is 0 Å². The third-order valence-electron chi connectivity index (χ3n) is 4.10. The molecule has 1 aromatic carbocycles. The van der Waals surface area contributed by atoms with E-state index >= 15 is 0 Å². The Morgan fingerprint density at radius 2 is 2.16 bits per heavy atom. The minimum atomic E-state index is -0.309. The molecule has 1 aliphatic carbocycles. The molecule has 0 spiro atoms. The maximum atomic E-state index is 13.4. The van der Waals surface area contributed by atoms with Gasteiger partial charge in [0.2, 0.25) is 5.91 Å². The second-order valence-electron chi connectivity index (χ2n) is 6.00. The number of benzene rings is 1. The number of carbonyl (C=O) groups is 1. The van der Waals surface area contributed by atoms with Crippen molar-refractivity contribution in [2.75, 3.05) is 5.32 Å². The van der Waals surface area contributed by atoms with E-state index in [1.807, 2.05) is 0 Å². The van der Waals surface area contributed by atoms with E-state index < -0.39 is 0 Å². The average molecular weight is 328 g/mol. The summed E-state index contributed by atoms with van der Waals surface area (Å²) >= 11 is 3.15. The number of hydrogen-bond donors (Lipinski definition) is 1. The second kappa shape index (κ2) is 5.23. The van der Waals surface area contributed by atoms with Crippen LogP contribution in [0.2, 0.25) is 0 Å². The highest BCUT2D eigenvalue weighted by Crippen LogP contribution is 2.43. The summed E-state index contributed by atoms with van der Waals surface area (Å²) < 4.78 is 13.7. The Morgan fingerprint density at radius 3 is 2.74 bits per heavy atom. The van der Waals surface area contributed by atoms with Crippen molar-refractivity contribution in [3.8, 4) is 0 Å². The van der Waals surface area contributed by atoms with Gasteiger partial charge in [-0.1, -0.05) is 20.3 Å². The summed E-state index contributed by atoms with van der Waals surface area (Å²) in [6.07, 6.45) is 3.11. The highest BCUT2D eigenvalue weighted by molar-refractivity contribution is 9.10. The van der Waals surface area contributed by atoms with Crippen LogP contribution in [0.3, 0.4) is 0 Å². The van der Waals surface area contributed by atoms with E-state index in [1.54, 1.807) is 13.0 Å². The molecule has 1 amide bonds. The van der Waals surface area contributed by atoms with Crippen LogP contribution in [-0.4, -0.2) is 5.91 Å². The van der Waals surface area contributed by atoms with Gasteiger partial charge in [0, 0.05) is 11.6 Å². The molecule has 1 aliphatic rings. The molecule has 1 atom stereocenters. The summed E-state index contributed by atoms with van der Waals surface area (Å²) in [5.74, 6) is -0.225. The molecule has 2 rings (SSSR count). The highest BCUT2D eigenvalue weighted by Gasteiger charge is 2.39. The molecular formula is C15H19BrFNO. The Morgan fingerprint density at radius 1 is 1.47 bits per heavy atom. The summed E-state index contributed by atoms with van der Waals surface area (Å²) in [6, 6.07) is 3.06. The Kier molecular flexibility index (Phi) is 4.00. The molecule has 0 heterocycles. The number of anilines is 1. The summed E-state index contributed by atoms with van der Waals surface area (Å²) in [6.45, 7) is 6.07. The van der Waals surface area contributed by atoms with Crippen LogP contribution in [0.25, 0.3) is 0 Å². The van der Waals surface area contributed by atoms with Crippen molar-refractivity contribution in [2.45, 2.75) is 40.0 Å². The molecule has 0 aromatic heterocycles. The molecule has 1 aromatic rings. The molecule has 0 saturated heterocycles. The monoisotopic (exact) mass is 327 g/mol. The minimum Gasteiger partial charge on any atom is -0.326 e. The van der Waals surface area contributed by atoms with Crippen LogP contribution in [0.1, 0.15) is 38.7 Å². The largest absolute Gasteiger partial charge is 0.326 e. The lowest BCUT2D eigenvalue weighted by Gasteiger charge is -2.26. The van der Waals surface area contributed by atoms with E-state index in [0.29, 0.717) is 10.2 Å². The molecule has 1 fully saturated rings. The minimum absolute atomic E-state index is 0.0377. The van der Waals surface area contributed by atoms with Crippen molar-refractivity contribution in [1.29, 1.82) is 0 Å². The van der Waals surface area contributed by atoms with Gasteiger partial charge in [0.1, 0.15) is 5.82 Å². The molecule has 0 bridgehead atoms. The quantitative estimate of drug-likeness (QED) is 0.840. The predicted octanol–water partition coefficient (Wildman–Crippen LogP) is 4.66. The molecule has 0 aliphatic heterocycles. The summed E-state index contributed by atoms with van der Waals surface area (Å²) in [5, 5.41) is 2.94. The van der Waals surface area contributed by atoms with Crippen LogP contribution in [0.5, 0.6) is 0 Å². The van der Waals surface area contributed by atoms with Crippen LogP contribution in [0.15, 0.2) is 16.6 Å². The van der Waals surface area contributed by atoms with E-state index in [1.165, 1.54) is 6.07 Å². The third-order valence-corrected chi connectivity index (χ3v) is 4.71. The number of carbonyl (C=O) groups excluding carboxylic acids is 1. The van der Waals surface area contributed by atoms with Crippen molar-refractivity contribution in [3.05, 3.63) is 28.0 Å². The van der Waals surface area contributed by atoms with Crippen LogP contribution in [-0.2, 0) is 4.79 Å². The molecule has 104 valence electrons. The first-order chi connectivity index (χ1) is 8.81. The topological polar surface area (TPSA) is 29.1 Å². The van der Waals surface area contributed by atoms with E-state index in [0.717, 1.165) is 24.8 Å². The van der Waals surface area contributed by atoms with Crippen molar-refractivity contribution in [3.63, 3.8) is 0 Å². The van der Waals surface area contributed by atoms with Crippen molar-refractivity contribution < 1.29 is 9.18 Å².